The number of carbonyl (C=O) groups is 6. The Morgan fingerprint density at radius 3 is 1.44 bits per heavy atom. The largest absolute Gasteiger partial charge is 0.480 e. The summed E-state index contributed by atoms with van der Waals surface area (Å²) < 4.78 is 0. The van der Waals surface area contributed by atoms with Gasteiger partial charge in [0.2, 0.25) is 17.7 Å². The monoisotopic (exact) mass is 600 g/mol. The van der Waals surface area contributed by atoms with Crippen LogP contribution in [0, 0.1) is 0 Å². The van der Waals surface area contributed by atoms with Gasteiger partial charge in [0.15, 0.2) is 6.10 Å². The molecule has 5 atom stereocenters. The number of rotatable bonds is 21. The van der Waals surface area contributed by atoms with E-state index < -0.39 is 72.4 Å². The predicted molar refractivity (Wildman–Crippen MR) is 141 cm³/mol. The van der Waals surface area contributed by atoms with Crippen LogP contribution in [0.1, 0.15) is 6.42 Å². The second kappa shape index (κ2) is 20.3. The Morgan fingerprint density at radius 1 is 0.641 bits per heavy atom. The number of amides is 4. The lowest BCUT2D eigenvalue weighted by Gasteiger charge is -2.22. The molecule has 19 heteroatoms. The molecule has 0 fully saturated rings. The van der Waals surface area contributed by atoms with Crippen LogP contribution in [0.25, 0.3) is 0 Å². The van der Waals surface area contributed by atoms with E-state index in [1.165, 1.54) is 0 Å². The van der Waals surface area contributed by atoms with Crippen molar-refractivity contribution < 1.29 is 54.3 Å². The van der Waals surface area contributed by atoms with E-state index in [-0.39, 0.29) is 49.2 Å². The quantitative estimate of drug-likeness (QED) is 0.0547. The third kappa shape index (κ3) is 17.5. The van der Waals surface area contributed by atoms with Gasteiger partial charge in [0.05, 0.1) is 24.0 Å². The molecule has 0 aliphatic carbocycles. The van der Waals surface area contributed by atoms with Crippen LogP contribution in [-0.4, -0.2) is 141 Å². The summed E-state index contributed by atoms with van der Waals surface area (Å²) in [5, 5.41) is 56.7. The third-order valence-electron chi connectivity index (χ3n) is 4.59. The van der Waals surface area contributed by atoms with Gasteiger partial charge in [0.1, 0.15) is 18.2 Å². The van der Waals surface area contributed by atoms with Gasteiger partial charge >= 0.3 is 11.9 Å². The Labute approximate surface area is 232 Å². The Balaban J connectivity index is 4.09. The molecule has 2 unspecified atom stereocenters. The average Bonchev–Trinajstić information content (AvgIpc) is 2.87. The van der Waals surface area contributed by atoms with Gasteiger partial charge in [-0.15, -0.1) is 23.5 Å². The smallest absolute Gasteiger partial charge is 0.321 e. The highest BCUT2D eigenvalue weighted by molar-refractivity contribution is 8.00. The molecule has 13 N–H and O–H groups in total. The number of hydrogen-bond donors (Lipinski definition) is 11. The summed E-state index contributed by atoms with van der Waals surface area (Å²) in [6.07, 6.45) is -6.50. The zero-order valence-corrected chi connectivity index (χ0v) is 22.5. The number of nitrogens with two attached hydrogens (primary N) is 2. The molecule has 17 nitrogen and oxygen atoms in total. The maximum Gasteiger partial charge on any atom is 0.321 e. The number of carbonyl (C=O) groups excluding carboxylic acids is 4. The standard InChI is InChI=1S/C20H36N6O11S2/c21-10(19(34)35)6-38-8-14(29)24-2-1-23-13(28)5-12(27)16(31)17(32)18(33)26-4-3-25-15(30)9-39-7-11(22)20(36)37/h10-12,16-17,27,31-32H,1-9,21-22H2,(H,23,28)(H,24,29)(H,25,30)(H,26,33)(H,34,35)(H,36,37)/t10?,11?,12-,16-,17+/m1/s1. The zero-order chi connectivity index (χ0) is 30.0. The van der Waals surface area contributed by atoms with E-state index in [0.717, 1.165) is 23.5 Å². The van der Waals surface area contributed by atoms with Gasteiger partial charge < -0.3 is 58.3 Å². The van der Waals surface area contributed by atoms with Gasteiger partial charge in [0.25, 0.3) is 5.91 Å². The number of aliphatic hydroxyl groups excluding tert-OH is 3. The van der Waals surface area contributed by atoms with E-state index in [4.69, 9.17) is 21.7 Å². The van der Waals surface area contributed by atoms with Gasteiger partial charge in [-0.25, -0.2) is 0 Å². The van der Waals surface area contributed by atoms with E-state index in [9.17, 15) is 44.1 Å². The van der Waals surface area contributed by atoms with Crippen molar-refractivity contribution in [2.45, 2.75) is 36.8 Å². The first-order valence-electron chi connectivity index (χ1n) is 11.5. The fourth-order valence-corrected chi connectivity index (χ4v) is 4.05. The maximum absolute atomic E-state index is 12.0. The first-order chi connectivity index (χ1) is 18.3. The van der Waals surface area contributed by atoms with E-state index in [2.05, 4.69) is 21.3 Å². The minimum Gasteiger partial charge on any atom is -0.480 e. The summed E-state index contributed by atoms with van der Waals surface area (Å²) in [6, 6.07) is -2.19. The molecule has 0 aliphatic rings. The first kappa shape index (κ1) is 36.3. The van der Waals surface area contributed by atoms with Crippen molar-refractivity contribution in [3.8, 4) is 0 Å². The number of carboxylic acid groups (broad SMARTS) is 2. The lowest BCUT2D eigenvalue weighted by molar-refractivity contribution is -0.143. The van der Waals surface area contributed by atoms with Crippen LogP contribution < -0.4 is 32.7 Å². The van der Waals surface area contributed by atoms with Crippen molar-refractivity contribution in [1.82, 2.24) is 21.3 Å². The molecule has 0 heterocycles. The maximum atomic E-state index is 12.0. The molecule has 0 saturated carbocycles. The van der Waals surface area contributed by atoms with E-state index in [1.54, 1.807) is 0 Å². The van der Waals surface area contributed by atoms with Gasteiger partial charge in [-0.3, -0.25) is 28.8 Å². The van der Waals surface area contributed by atoms with Crippen molar-refractivity contribution in [1.29, 1.82) is 0 Å². The van der Waals surface area contributed by atoms with Gasteiger partial charge in [-0.1, -0.05) is 0 Å². The van der Waals surface area contributed by atoms with Gasteiger partial charge in [-0.2, -0.15) is 0 Å². The highest BCUT2D eigenvalue weighted by Gasteiger charge is 2.31. The molecular formula is C20H36N6O11S2. The molecule has 0 aromatic carbocycles. The van der Waals surface area contributed by atoms with Crippen LogP contribution in [0.5, 0.6) is 0 Å². The molecule has 224 valence electrons. The number of hydrogen-bond acceptors (Lipinski definition) is 13. The molecule has 0 bridgehead atoms. The van der Waals surface area contributed by atoms with Crippen LogP contribution in [-0.2, 0) is 28.8 Å². The van der Waals surface area contributed by atoms with Crippen LogP contribution >= 0.6 is 23.5 Å². The minimum atomic E-state index is -2.07. The Morgan fingerprint density at radius 2 is 1.03 bits per heavy atom. The van der Waals surface area contributed by atoms with Crippen molar-refractivity contribution in [2.24, 2.45) is 11.5 Å². The van der Waals surface area contributed by atoms with Crippen LogP contribution in [0.2, 0.25) is 0 Å². The molecule has 0 aromatic rings. The van der Waals surface area contributed by atoms with E-state index in [0.29, 0.717) is 0 Å². The molecule has 0 spiro atoms. The first-order valence-corrected chi connectivity index (χ1v) is 13.8. The molecule has 0 aliphatic heterocycles. The molecule has 0 rings (SSSR count). The highest BCUT2D eigenvalue weighted by Crippen LogP contribution is 2.05. The minimum absolute atomic E-state index is 0.0215. The summed E-state index contributed by atoms with van der Waals surface area (Å²) in [7, 11) is 0. The number of aliphatic hydroxyl groups is 3. The summed E-state index contributed by atoms with van der Waals surface area (Å²) in [5.74, 6) is -5.00. The third-order valence-corrected chi connectivity index (χ3v) is 6.71. The number of nitrogens with one attached hydrogen (secondary N) is 4. The molecule has 4 amide bonds. The Kier molecular flexibility index (Phi) is 18.9. The SMILES string of the molecule is NC(CSCC(=O)NCCNC(=O)C[C@@H](O)[C@@H](O)[C@H](O)C(=O)NCCNC(=O)CSCC(N)C(=O)O)C(=O)O. The highest BCUT2D eigenvalue weighted by atomic mass is 32.2. The summed E-state index contributed by atoms with van der Waals surface area (Å²) in [5.41, 5.74) is 10.6. The topological polar surface area (TPSA) is 304 Å². The lowest BCUT2D eigenvalue weighted by Crippen LogP contribution is -2.49. The van der Waals surface area contributed by atoms with Crippen molar-refractivity contribution in [3.05, 3.63) is 0 Å². The van der Waals surface area contributed by atoms with Gasteiger partial charge in [-0.05, 0) is 0 Å². The zero-order valence-electron chi connectivity index (χ0n) is 20.9. The summed E-state index contributed by atoms with van der Waals surface area (Å²) in [6.45, 7) is -0.146. The molecular weight excluding hydrogens is 564 g/mol. The summed E-state index contributed by atoms with van der Waals surface area (Å²) in [4.78, 5) is 68.3. The Hall–Kier alpha value is -2.68. The molecule has 0 saturated heterocycles. The normalized spacial score (nSPS) is 14.7. The van der Waals surface area contributed by atoms with Crippen LogP contribution in [0.15, 0.2) is 0 Å². The number of thioether (sulfide) groups is 2. The lowest BCUT2D eigenvalue weighted by atomic mass is 10.0. The van der Waals surface area contributed by atoms with Crippen molar-refractivity contribution in [3.63, 3.8) is 0 Å². The molecule has 0 aromatic heterocycles. The van der Waals surface area contributed by atoms with Gasteiger partial charge in [0, 0.05) is 37.7 Å². The average molecular weight is 601 g/mol. The molecule has 0 radical (unpaired) electrons. The van der Waals surface area contributed by atoms with Crippen LogP contribution in [0.4, 0.5) is 0 Å². The fourth-order valence-electron chi connectivity index (χ4n) is 2.45. The number of aliphatic carboxylic acids is 2. The van der Waals surface area contributed by atoms with E-state index in [1.807, 2.05) is 0 Å². The van der Waals surface area contributed by atoms with E-state index >= 15 is 0 Å². The summed E-state index contributed by atoms with van der Waals surface area (Å²) >= 11 is 2.04. The fraction of sp³-hybridized carbons (Fsp3) is 0.700. The van der Waals surface area contributed by atoms with Crippen molar-refractivity contribution in [2.75, 3.05) is 49.2 Å². The number of carboxylic acids is 2. The second-order valence-corrected chi connectivity index (χ2v) is 10.0. The molecule has 39 heavy (non-hydrogen) atoms. The van der Waals surface area contributed by atoms with Crippen LogP contribution in [0.3, 0.4) is 0 Å². The predicted octanol–water partition coefficient (Wildman–Crippen LogP) is -5.79. The second-order valence-electron chi connectivity index (χ2n) is 7.97. The Bertz CT molecular complexity index is 838. The van der Waals surface area contributed by atoms with Crippen molar-refractivity contribution >= 4 is 59.1 Å².